The van der Waals surface area contributed by atoms with Gasteiger partial charge in [-0.3, -0.25) is 4.39 Å². The van der Waals surface area contributed by atoms with Crippen molar-refractivity contribution in [1.29, 1.82) is 0 Å². The summed E-state index contributed by atoms with van der Waals surface area (Å²) in [5, 5.41) is 9.38. The second kappa shape index (κ2) is 18.2. The van der Waals surface area contributed by atoms with Crippen molar-refractivity contribution >= 4 is 10.9 Å². The second-order valence-electron chi connectivity index (χ2n) is 11.2. The fourth-order valence-corrected chi connectivity index (χ4v) is 4.86. The van der Waals surface area contributed by atoms with Gasteiger partial charge in [0.2, 0.25) is 0 Å². The van der Waals surface area contributed by atoms with E-state index in [9.17, 15) is 22.0 Å². The third-order valence-electron chi connectivity index (χ3n) is 7.15. The van der Waals surface area contributed by atoms with Gasteiger partial charge in [0.05, 0.1) is 13.3 Å². The van der Waals surface area contributed by atoms with Gasteiger partial charge in [-0.05, 0) is 67.3 Å². The molecule has 1 aromatic heterocycles. The molecule has 1 saturated heterocycles. The number of aromatic amines is 1. The molecule has 1 fully saturated rings. The highest BCUT2D eigenvalue weighted by molar-refractivity contribution is 5.84. The highest BCUT2D eigenvalue weighted by Crippen LogP contribution is 2.34. The number of likely N-dealkylation sites (tertiary alicyclic amines) is 1. The van der Waals surface area contributed by atoms with E-state index in [1.165, 1.54) is 42.3 Å². The molecule has 4 rings (SSSR count). The Balaban J connectivity index is 0.000000241. The molecule has 230 valence electrons. The fraction of sp³-hybridized carbons (Fsp3) is 0.576. The summed E-state index contributed by atoms with van der Waals surface area (Å²) >= 11 is 0. The van der Waals surface area contributed by atoms with E-state index in [0.717, 1.165) is 24.1 Å². The normalized spacial score (nSPS) is 15.1. The van der Waals surface area contributed by atoms with Crippen molar-refractivity contribution in [3.63, 3.8) is 0 Å². The number of fused-ring (bicyclic) bond motifs is 1. The van der Waals surface area contributed by atoms with Crippen LogP contribution < -0.4 is 0 Å². The molecule has 0 spiro atoms. The Morgan fingerprint density at radius 3 is 2.20 bits per heavy atom. The van der Waals surface area contributed by atoms with Crippen LogP contribution in [0.1, 0.15) is 76.4 Å². The fourth-order valence-electron chi connectivity index (χ4n) is 4.86. The number of aliphatic hydroxyl groups excluding tert-OH is 1. The highest BCUT2D eigenvalue weighted by atomic mass is 19.1. The molecule has 2 N–H and O–H groups in total. The van der Waals surface area contributed by atoms with Crippen LogP contribution in [-0.4, -0.2) is 54.1 Å². The summed E-state index contributed by atoms with van der Waals surface area (Å²) < 4.78 is 63.5. The van der Waals surface area contributed by atoms with Crippen LogP contribution in [-0.2, 0) is 12.8 Å². The summed E-state index contributed by atoms with van der Waals surface area (Å²) in [6, 6.07) is 11.5. The average Bonchev–Trinajstić information content (AvgIpc) is 3.27. The molecular weight excluding hydrogens is 535 g/mol. The largest absolute Gasteiger partial charge is 0.393 e. The van der Waals surface area contributed by atoms with Crippen LogP contribution in [0.5, 0.6) is 0 Å². The Kier molecular flexibility index (Phi) is 15.4. The maximum atomic E-state index is 14.0. The van der Waals surface area contributed by atoms with E-state index in [1.807, 2.05) is 4.90 Å². The number of aromatic nitrogens is 1. The van der Waals surface area contributed by atoms with Crippen LogP contribution in [0.25, 0.3) is 10.9 Å². The van der Waals surface area contributed by atoms with Crippen LogP contribution >= 0.6 is 0 Å². The maximum absolute atomic E-state index is 14.0. The molecule has 2 unspecified atom stereocenters. The molecule has 1 aliphatic rings. The topological polar surface area (TPSA) is 39.3 Å². The molecule has 3 nitrogen and oxygen atoms in total. The molecule has 0 amide bonds. The van der Waals surface area contributed by atoms with E-state index in [4.69, 9.17) is 5.11 Å². The van der Waals surface area contributed by atoms with Gasteiger partial charge < -0.3 is 15.0 Å². The predicted molar refractivity (Wildman–Crippen MR) is 158 cm³/mol. The zero-order valence-electron chi connectivity index (χ0n) is 24.9. The van der Waals surface area contributed by atoms with Crippen LogP contribution in [0.15, 0.2) is 42.5 Å². The summed E-state index contributed by atoms with van der Waals surface area (Å²) in [7, 11) is 0. The number of hydrogen-bond donors (Lipinski definition) is 2. The number of H-pyrrole nitrogens is 1. The highest BCUT2D eigenvalue weighted by Gasteiger charge is 2.34. The first-order valence-corrected chi connectivity index (χ1v) is 14.8. The summed E-state index contributed by atoms with van der Waals surface area (Å²) in [6.07, 6.45) is 3.39. The molecule has 0 bridgehead atoms. The molecule has 2 aromatic carbocycles. The lowest BCUT2D eigenvalue weighted by atomic mass is 9.90. The van der Waals surface area contributed by atoms with Gasteiger partial charge in [-0.15, -0.1) is 0 Å². The van der Waals surface area contributed by atoms with Crippen molar-refractivity contribution in [2.24, 2.45) is 11.8 Å². The number of hydrogen-bond acceptors (Lipinski definition) is 2. The number of benzene rings is 2. The van der Waals surface area contributed by atoms with E-state index in [1.54, 1.807) is 12.5 Å². The number of nitrogens with zero attached hydrogens (tertiary/aromatic N) is 1. The molecule has 0 radical (unpaired) electrons. The molecule has 3 aromatic rings. The number of aliphatic hydroxyl groups is 1. The first kappa shape index (κ1) is 34.7. The van der Waals surface area contributed by atoms with E-state index in [-0.39, 0.29) is 24.8 Å². The number of alkyl halides is 3. The zero-order valence-corrected chi connectivity index (χ0v) is 24.9. The van der Waals surface area contributed by atoms with Crippen molar-refractivity contribution in [2.75, 3.05) is 32.9 Å². The Morgan fingerprint density at radius 2 is 1.66 bits per heavy atom. The molecule has 0 aliphatic carbocycles. The minimum absolute atomic E-state index is 0.0441. The van der Waals surface area contributed by atoms with Crippen molar-refractivity contribution in [1.82, 2.24) is 9.88 Å². The average molecular weight is 583 g/mol. The van der Waals surface area contributed by atoms with Gasteiger partial charge in [0.1, 0.15) is 24.0 Å². The van der Waals surface area contributed by atoms with E-state index < -0.39 is 24.0 Å². The standard InChI is InChI=1S/C16H23N.C13H15F4N.C4H9FO/c1-4-5-9-16-14(11-12(2)3)13-8-6-7-10-15(13)17-16;14-2-1-3-18-7-10(8-18)13(17)9-4-11(15)6-12(16)5-9;1-2-4(5)3-6/h6-8,10,12,17H,4-5,9,11H2,1-3H3;4-6,10,13H,1-3,7-8H2;4,6H,2-3H2,1H3. The van der Waals surface area contributed by atoms with Crippen LogP contribution in [0, 0.1) is 23.5 Å². The number of para-hydroxylation sites is 1. The van der Waals surface area contributed by atoms with Gasteiger partial charge >= 0.3 is 0 Å². The van der Waals surface area contributed by atoms with Gasteiger partial charge in [-0.2, -0.15) is 0 Å². The third-order valence-corrected chi connectivity index (χ3v) is 7.15. The lowest BCUT2D eigenvalue weighted by Crippen LogP contribution is -2.48. The summed E-state index contributed by atoms with van der Waals surface area (Å²) in [5.74, 6) is -1.07. The molecule has 1 aliphatic heterocycles. The maximum Gasteiger partial charge on any atom is 0.131 e. The second-order valence-corrected chi connectivity index (χ2v) is 11.2. The number of unbranched alkanes of at least 4 members (excludes halogenated alkanes) is 1. The molecule has 41 heavy (non-hydrogen) atoms. The molecule has 2 atom stereocenters. The number of aryl methyl sites for hydroxylation is 1. The van der Waals surface area contributed by atoms with Crippen molar-refractivity contribution in [3.05, 3.63) is 70.9 Å². The Hall–Kier alpha value is -2.45. The van der Waals surface area contributed by atoms with E-state index in [0.29, 0.717) is 32.5 Å². The SMILES string of the molecule is CCC(F)CO.CCCCc1[nH]c2ccccc2c1CC(C)C.FCCCN1CC(C(F)c2cc(F)cc(F)c2)C1. The Bertz CT molecular complexity index is 1120. The van der Waals surface area contributed by atoms with E-state index in [2.05, 4.69) is 50.0 Å². The van der Waals surface area contributed by atoms with E-state index >= 15 is 0 Å². The molecular formula is C33H47F5N2O. The molecule has 8 heteroatoms. The van der Waals surface area contributed by atoms with Crippen molar-refractivity contribution in [3.8, 4) is 0 Å². The molecule has 0 saturated carbocycles. The number of halogens is 5. The van der Waals surface area contributed by atoms with Gasteiger partial charge in [0, 0.05) is 48.2 Å². The van der Waals surface area contributed by atoms with Crippen molar-refractivity contribution in [2.45, 2.75) is 78.6 Å². The number of rotatable bonds is 12. The number of nitrogens with one attached hydrogen (secondary N) is 1. The summed E-state index contributed by atoms with van der Waals surface area (Å²) in [6.45, 7) is 9.46. The van der Waals surface area contributed by atoms with Gasteiger partial charge in [0.15, 0.2) is 0 Å². The summed E-state index contributed by atoms with van der Waals surface area (Å²) in [5.41, 5.74) is 4.35. The van der Waals surface area contributed by atoms with Gasteiger partial charge in [-0.25, -0.2) is 17.6 Å². The first-order valence-electron chi connectivity index (χ1n) is 14.8. The van der Waals surface area contributed by atoms with Crippen molar-refractivity contribution < 1.29 is 27.1 Å². The lowest BCUT2D eigenvalue weighted by molar-refractivity contribution is 0.0361. The monoisotopic (exact) mass is 582 g/mol. The first-order chi connectivity index (χ1) is 19.6. The van der Waals surface area contributed by atoms with Crippen LogP contribution in [0.4, 0.5) is 22.0 Å². The quantitative estimate of drug-likeness (QED) is 0.210. The minimum atomic E-state index is -1.36. The predicted octanol–water partition coefficient (Wildman–Crippen LogP) is 8.70. The minimum Gasteiger partial charge on any atom is -0.393 e. The molecule has 2 heterocycles. The lowest BCUT2D eigenvalue weighted by Gasteiger charge is -2.40. The third kappa shape index (κ3) is 11.4. The van der Waals surface area contributed by atoms with Crippen LogP contribution in [0.2, 0.25) is 0 Å². The smallest absolute Gasteiger partial charge is 0.131 e. The Labute approximate surface area is 242 Å². The summed E-state index contributed by atoms with van der Waals surface area (Å²) in [4.78, 5) is 5.54. The van der Waals surface area contributed by atoms with Gasteiger partial charge in [-0.1, -0.05) is 52.3 Å². The van der Waals surface area contributed by atoms with Gasteiger partial charge in [0.25, 0.3) is 0 Å². The van der Waals surface area contributed by atoms with Crippen LogP contribution in [0.3, 0.4) is 0 Å². The zero-order chi connectivity index (χ0) is 30.4. The Morgan fingerprint density at radius 1 is 1.00 bits per heavy atom.